The average Bonchev–Trinajstić information content (AvgIpc) is 3.14. The number of benzene rings is 2. The third-order valence-corrected chi connectivity index (χ3v) is 4.45. The maximum Gasteiger partial charge on any atom is 0.328 e. The topological polar surface area (TPSA) is 80.4 Å². The quantitative estimate of drug-likeness (QED) is 0.489. The Morgan fingerprint density at radius 3 is 2.64 bits per heavy atom. The first-order chi connectivity index (χ1) is 13.6. The van der Waals surface area contributed by atoms with Gasteiger partial charge in [-0.1, -0.05) is 36.4 Å². The molecule has 0 aliphatic rings. The summed E-state index contributed by atoms with van der Waals surface area (Å²) >= 11 is 0. The van der Waals surface area contributed by atoms with E-state index in [9.17, 15) is 9.59 Å². The van der Waals surface area contributed by atoms with Gasteiger partial charge in [0.05, 0.1) is 14.2 Å². The van der Waals surface area contributed by atoms with Gasteiger partial charge in [0.2, 0.25) is 5.91 Å². The van der Waals surface area contributed by atoms with E-state index in [1.54, 1.807) is 13.2 Å². The number of rotatable bonds is 7. The van der Waals surface area contributed by atoms with E-state index in [-0.39, 0.29) is 5.91 Å². The molecule has 0 saturated heterocycles. The van der Waals surface area contributed by atoms with Gasteiger partial charge in [-0.3, -0.25) is 4.79 Å². The minimum absolute atomic E-state index is 0.324. The number of ether oxygens (including phenoxy) is 2. The predicted molar refractivity (Wildman–Crippen MR) is 108 cm³/mol. The SMILES string of the molecule is COC(=O)[C@H](Cc1c[nH]c2ccccc12)NC(=O)C=Cc1ccccc1OC. The van der Waals surface area contributed by atoms with Gasteiger partial charge in [0, 0.05) is 35.2 Å². The molecule has 0 unspecified atom stereocenters. The Morgan fingerprint density at radius 1 is 1.11 bits per heavy atom. The van der Waals surface area contributed by atoms with E-state index in [0.717, 1.165) is 22.0 Å². The third-order valence-electron chi connectivity index (χ3n) is 4.45. The molecule has 2 N–H and O–H groups in total. The summed E-state index contributed by atoms with van der Waals surface area (Å²) in [6.45, 7) is 0. The fourth-order valence-corrected chi connectivity index (χ4v) is 3.05. The number of nitrogens with one attached hydrogen (secondary N) is 2. The fraction of sp³-hybridized carbons (Fsp3) is 0.182. The molecule has 1 heterocycles. The van der Waals surface area contributed by atoms with Crippen LogP contribution in [0.5, 0.6) is 5.75 Å². The van der Waals surface area contributed by atoms with Crippen LogP contribution in [0, 0.1) is 0 Å². The number of aromatic amines is 1. The Kier molecular flexibility index (Phi) is 6.11. The third kappa shape index (κ3) is 4.40. The van der Waals surface area contributed by atoms with E-state index in [4.69, 9.17) is 9.47 Å². The first kappa shape index (κ1) is 19.2. The molecule has 0 aliphatic heterocycles. The molecule has 1 amide bonds. The molecule has 3 aromatic rings. The predicted octanol–water partition coefficient (Wildman–Crippen LogP) is 3.09. The summed E-state index contributed by atoms with van der Waals surface area (Å²) in [4.78, 5) is 27.7. The number of H-pyrrole nitrogens is 1. The van der Waals surface area contributed by atoms with Crippen LogP contribution in [0.4, 0.5) is 0 Å². The Hall–Kier alpha value is -3.54. The summed E-state index contributed by atoms with van der Waals surface area (Å²) in [5.41, 5.74) is 2.68. The number of aromatic nitrogens is 1. The number of carbonyl (C=O) groups is 2. The van der Waals surface area contributed by atoms with Crippen LogP contribution in [-0.4, -0.2) is 37.1 Å². The molecule has 0 radical (unpaired) electrons. The van der Waals surface area contributed by atoms with Gasteiger partial charge in [0.25, 0.3) is 0 Å². The van der Waals surface area contributed by atoms with Gasteiger partial charge in [0.15, 0.2) is 0 Å². The molecular weight excluding hydrogens is 356 g/mol. The summed E-state index contributed by atoms with van der Waals surface area (Å²) in [6, 6.07) is 14.4. The van der Waals surface area contributed by atoms with Crippen molar-refractivity contribution in [1.82, 2.24) is 10.3 Å². The number of para-hydroxylation sites is 2. The second kappa shape index (κ2) is 8.90. The van der Waals surface area contributed by atoms with Gasteiger partial charge in [-0.05, 0) is 23.8 Å². The normalized spacial score (nSPS) is 12.1. The molecule has 0 bridgehead atoms. The summed E-state index contributed by atoms with van der Waals surface area (Å²) in [7, 11) is 2.88. The number of fused-ring (bicyclic) bond motifs is 1. The Morgan fingerprint density at radius 2 is 1.86 bits per heavy atom. The Balaban J connectivity index is 1.74. The Labute approximate surface area is 163 Å². The van der Waals surface area contributed by atoms with Crippen molar-refractivity contribution in [3.05, 3.63) is 71.9 Å². The van der Waals surface area contributed by atoms with E-state index in [1.165, 1.54) is 13.2 Å². The lowest BCUT2D eigenvalue weighted by atomic mass is 10.0. The first-order valence-corrected chi connectivity index (χ1v) is 8.86. The summed E-state index contributed by atoms with van der Waals surface area (Å²) < 4.78 is 10.1. The van der Waals surface area contributed by atoms with Crippen molar-refractivity contribution in [1.29, 1.82) is 0 Å². The van der Waals surface area contributed by atoms with Crippen LogP contribution < -0.4 is 10.1 Å². The zero-order chi connectivity index (χ0) is 19.9. The zero-order valence-corrected chi connectivity index (χ0v) is 15.8. The highest BCUT2D eigenvalue weighted by atomic mass is 16.5. The van der Waals surface area contributed by atoms with Crippen LogP contribution in [0.1, 0.15) is 11.1 Å². The minimum Gasteiger partial charge on any atom is -0.496 e. The average molecular weight is 378 g/mol. The van der Waals surface area contributed by atoms with Crippen molar-refractivity contribution >= 4 is 28.9 Å². The monoisotopic (exact) mass is 378 g/mol. The number of carbonyl (C=O) groups excluding carboxylic acids is 2. The second-order valence-electron chi connectivity index (χ2n) is 6.22. The smallest absolute Gasteiger partial charge is 0.328 e. The van der Waals surface area contributed by atoms with Crippen LogP contribution in [0.25, 0.3) is 17.0 Å². The van der Waals surface area contributed by atoms with Gasteiger partial charge in [-0.25, -0.2) is 4.79 Å². The van der Waals surface area contributed by atoms with Gasteiger partial charge in [0.1, 0.15) is 11.8 Å². The van der Waals surface area contributed by atoms with Crippen molar-refractivity contribution in [2.24, 2.45) is 0 Å². The number of hydrogen-bond donors (Lipinski definition) is 2. The van der Waals surface area contributed by atoms with Crippen LogP contribution in [0.2, 0.25) is 0 Å². The minimum atomic E-state index is -0.793. The molecule has 0 saturated carbocycles. The van der Waals surface area contributed by atoms with Gasteiger partial charge < -0.3 is 19.8 Å². The van der Waals surface area contributed by atoms with Crippen molar-refractivity contribution < 1.29 is 19.1 Å². The van der Waals surface area contributed by atoms with Crippen LogP contribution >= 0.6 is 0 Å². The van der Waals surface area contributed by atoms with Crippen LogP contribution in [0.15, 0.2) is 60.8 Å². The number of esters is 1. The number of hydrogen-bond acceptors (Lipinski definition) is 4. The van der Waals surface area contributed by atoms with Crippen molar-refractivity contribution in [2.45, 2.75) is 12.5 Å². The molecule has 0 spiro atoms. The Bertz CT molecular complexity index is 1010. The fourth-order valence-electron chi connectivity index (χ4n) is 3.05. The van der Waals surface area contributed by atoms with E-state index in [2.05, 4.69) is 10.3 Å². The van der Waals surface area contributed by atoms with Gasteiger partial charge >= 0.3 is 5.97 Å². The molecule has 6 heteroatoms. The lowest BCUT2D eigenvalue weighted by Gasteiger charge is -2.15. The summed E-state index contributed by atoms with van der Waals surface area (Å²) in [6.07, 6.45) is 5.19. The van der Waals surface area contributed by atoms with Crippen molar-refractivity contribution in [2.75, 3.05) is 14.2 Å². The largest absolute Gasteiger partial charge is 0.496 e. The molecular formula is C22H22N2O4. The van der Waals surface area contributed by atoms with Crippen LogP contribution in [-0.2, 0) is 20.7 Å². The lowest BCUT2D eigenvalue weighted by molar-refractivity contribution is -0.144. The maximum absolute atomic E-state index is 12.4. The van der Waals surface area contributed by atoms with Crippen LogP contribution in [0.3, 0.4) is 0 Å². The summed E-state index contributed by atoms with van der Waals surface area (Å²) in [5.74, 6) is -0.222. The number of methoxy groups -OCH3 is 2. The van der Waals surface area contributed by atoms with Gasteiger partial charge in [-0.15, -0.1) is 0 Å². The molecule has 6 nitrogen and oxygen atoms in total. The maximum atomic E-state index is 12.4. The highest BCUT2D eigenvalue weighted by Gasteiger charge is 2.22. The highest BCUT2D eigenvalue weighted by Crippen LogP contribution is 2.20. The molecule has 1 aromatic heterocycles. The van der Waals surface area contributed by atoms with Crippen molar-refractivity contribution in [3.63, 3.8) is 0 Å². The van der Waals surface area contributed by atoms with Crippen molar-refractivity contribution in [3.8, 4) is 5.75 Å². The number of amides is 1. The lowest BCUT2D eigenvalue weighted by Crippen LogP contribution is -2.42. The van der Waals surface area contributed by atoms with E-state index < -0.39 is 12.0 Å². The molecule has 144 valence electrons. The molecule has 0 aliphatic carbocycles. The van der Waals surface area contributed by atoms with E-state index in [0.29, 0.717) is 12.2 Å². The first-order valence-electron chi connectivity index (χ1n) is 8.86. The molecule has 2 aromatic carbocycles. The molecule has 28 heavy (non-hydrogen) atoms. The summed E-state index contributed by atoms with van der Waals surface area (Å²) in [5, 5.41) is 3.73. The standard InChI is InChI=1S/C22H22N2O4/c1-27-20-10-6-3-7-15(20)11-12-21(25)24-19(22(26)28-2)13-16-14-23-18-9-5-4-8-17(16)18/h3-12,14,19,23H,13H2,1-2H3,(H,24,25)/t19-/m0/s1. The molecule has 1 atom stereocenters. The van der Waals surface area contributed by atoms with E-state index >= 15 is 0 Å². The van der Waals surface area contributed by atoms with Gasteiger partial charge in [-0.2, -0.15) is 0 Å². The second-order valence-corrected chi connectivity index (χ2v) is 6.22. The molecule has 0 fully saturated rings. The van der Waals surface area contributed by atoms with E-state index in [1.807, 2.05) is 54.7 Å². The zero-order valence-electron chi connectivity index (χ0n) is 15.8. The highest BCUT2D eigenvalue weighted by molar-refractivity contribution is 5.95. The molecule has 3 rings (SSSR count).